The summed E-state index contributed by atoms with van der Waals surface area (Å²) in [5, 5.41) is 12.3. The van der Waals surface area contributed by atoms with Crippen LogP contribution in [-0.4, -0.2) is 23.9 Å². The highest BCUT2D eigenvalue weighted by atomic mass is 19.4. The number of halogens is 3. The van der Waals surface area contributed by atoms with Crippen molar-refractivity contribution in [1.82, 2.24) is 0 Å². The number of alkyl halides is 3. The molecular weight excluding hydrogens is 399 g/mol. The van der Waals surface area contributed by atoms with Crippen LogP contribution in [0, 0.1) is 0 Å². The molecule has 5 nitrogen and oxygen atoms in total. The van der Waals surface area contributed by atoms with Gasteiger partial charge in [-0.05, 0) is 60.7 Å². The highest BCUT2D eigenvalue weighted by molar-refractivity contribution is 6.12. The van der Waals surface area contributed by atoms with Crippen LogP contribution >= 0.6 is 0 Å². The van der Waals surface area contributed by atoms with Gasteiger partial charge in [-0.3, -0.25) is 9.59 Å². The first-order chi connectivity index (χ1) is 14.2. The van der Waals surface area contributed by atoms with Crippen molar-refractivity contribution in [2.75, 3.05) is 12.4 Å². The smallest absolute Gasteiger partial charge is 0.416 e. The number of ether oxygens (including phenoxy) is 1. The van der Waals surface area contributed by atoms with E-state index in [-0.39, 0.29) is 16.8 Å². The Hall–Kier alpha value is -3.81. The molecule has 0 unspecified atom stereocenters. The molecule has 0 saturated heterocycles. The summed E-state index contributed by atoms with van der Waals surface area (Å²) in [4.78, 5) is 25.2. The highest BCUT2D eigenvalue weighted by Crippen LogP contribution is 2.31. The molecule has 0 atom stereocenters. The van der Waals surface area contributed by atoms with E-state index in [1.165, 1.54) is 31.4 Å². The van der Waals surface area contributed by atoms with Crippen LogP contribution < -0.4 is 10.1 Å². The predicted molar refractivity (Wildman–Crippen MR) is 104 cm³/mol. The molecule has 1 amide bonds. The Bertz CT molecular complexity index is 1090. The molecule has 8 heteroatoms. The Morgan fingerprint density at radius 3 is 2.23 bits per heavy atom. The minimum Gasteiger partial charge on any atom is -0.507 e. The molecule has 0 spiro atoms. The molecule has 3 aromatic rings. The molecule has 0 aromatic heterocycles. The minimum absolute atomic E-state index is 0.0962. The topological polar surface area (TPSA) is 75.6 Å². The molecule has 30 heavy (non-hydrogen) atoms. The molecule has 2 N–H and O–H groups in total. The maximum atomic E-state index is 12.8. The van der Waals surface area contributed by atoms with Gasteiger partial charge in [-0.1, -0.05) is 6.07 Å². The van der Waals surface area contributed by atoms with E-state index in [0.29, 0.717) is 11.3 Å². The van der Waals surface area contributed by atoms with E-state index in [4.69, 9.17) is 4.74 Å². The number of methoxy groups -OCH3 is 1. The average molecular weight is 415 g/mol. The number of nitrogens with one attached hydrogen (secondary N) is 1. The number of phenols is 1. The van der Waals surface area contributed by atoms with E-state index in [1.807, 2.05) is 0 Å². The largest absolute Gasteiger partial charge is 0.507 e. The van der Waals surface area contributed by atoms with Crippen molar-refractivity contribution >= 4 is 17.4 Å². The summed E-state index contributed by atoms with van der Waals surface area (Å²) >= 11 is 0. The summed E-state index contributed by atoms with van der Waals surface area (Å²) in [6.45, 7) is 0. The molecule has 3 rings (SSSR count). The fourth-order valence-corrected chi connectivity index (χ4v) is 2.74. The molecule has 0 radical (unpaired) electrons. The molecule has 0 aliphatic heterocycles. The second kappa shape index (κ2) is 8.28. The maximum absolute atomic E-state index is 12.8. The number of hydrogen-bond donors (Lipinski definition) is 2. The van der Waals surface area contributed by atoms with E-state index in [1.54, 1.807) is 24.3 Å². The fourth-order valence-electron chi connectivity index (χ4n) is 2.74. The van der Waals surface area contributed by atoms with Crippen molar-refractivity contribution in [3.63, 3.8) is 0 Å². The molecule has 3 aromatic carbocycles. The number of ketones is 1. The van der Waals surface area contributed by atoms with Crippen LogP contribution in [0.5, 0.6) is 11.5 Å². The van der Waals surface area contributed by atoms with Crippen molar-refractivity contribution in [2.45, 2.75) is 6.18 Å². The Morgan fingerprint density at radius 2 is 1.60 bits per heavy atom. The van der Waals surface area contributed by atoms with Gasteiger partial charge in [0.15, 0.2) is 5.78 Å². The SMILES string of the molecule is COc1ccc(C(=O)c2ccc(O)c(C(=O)Nc3cccc(C(F)(F)F)c3)c2)cc1. The van der Waals surface area contributed by atoms with Crippen LogP contribution in [0.2, 0.25) is 0 Å². The van der Waals surface area contributed by atoms with Crippen molar-refractivity contribution in [2.24, 2.45) is 0 Å². The summed E-state index contributed by atoms with van der Waals surface area (Å²) in [6.07, 6.45) is -4.56. The van der Waals surface area contributed by atoms with Gasteiger partial charge in [-0.2, -0.15) is 13.2 Å². The number of aromatic hydroxyl groups is 1. The summed E-state index contributed by atoms with van der Waals surface area (Å²) in [5.74, 6) is -1.09. The van der Waals surface area contributed by atoms with Crippen LogP contribution in [0.4, 0.5) is 18.9 Å². The Morgan fingerprint density at radius 1 is 0.933 bits per heavy atom. The summed E-state index contributed by atoms with van der Waals surface area (Å²) in [6, 6.07) is 14.1. The first kappa shape index (κ1) is 20.9. The molecule has 0 saturated carbocycles. The lowest BCUT2D eigenvalue weighted by atomic mass is 10.0. The van der Waals surface area contributed by atoms with E-state index in [2.05, 4.69) is 5.32 Å². The van der Waals surface area contributed by atoms with Gasteiger partial charge < -0.3 is 15.2 Å². The third kappa shape index (κ3) is 4.60. The van der Waals surface area contributed by atoms with Gasteiger partial charge in [0.2, 0.25) is 0 Å². The van der Waals surface area contributed by atoms with Crippen molar-refractivity contribution in [1.29, 1.82) is 0 Å². The Labute approximate surface area is 169 Å². The van der Waals surface area contributed by atoms with E-state index in [9.17, 15) is 27.9 Å². The Kier molecular flexibility index (Phi) is 5.77. The molecule has 0 heterocycles. The third-order valence-corrected chi connectivity index (χ3v) is 4.30. The van der Waals surface area contributed by atoms with Crippen molar-refractivity contribution < 1.29 is 32.6 Å². The highest BCUT2D eigenvalue weighted by Gasteiger charge is 2.30. The zero-order chi connectivity index (χ0) is 21.9. The lowest BCUT2D eigenvalue weighted by Crippen LogP contribution is -2.14. The van der Waals surface area contributed by atoms with Crippen LogP contribution in [-0.2, 0) is 6.18 Å². The minimum atomic E-state index is -4.56. The monoisotopic (exact) mass is 415 g/mol. The second-order valence-corrected chi connectivity index (χ2v) is 6.32. The zero-order valence-corrected chi connectivity index (χ0v) is 15.7. The number of carbonyl (C=O) groups excluding carboxylic acids is 2. The van der Waals surface area contributed by atoms with Gasteiger partial charge in [-0.15, -0.1) is 0 Å². The van der Waals surface area contributed by atoms with Gasteiger partial charge in [0.25, 0.3) is 5.91 Å². The molecule has 0 aliphatic carbocycles. The van der Waals surface area contributed by atoms with Gasteiger partial charge in [0.05, 0.1) is 18.2 Å². The lowest BCUT2D eigenvalue weighted by molar-refractivity contribution is -0.137. The quantitative estimate of drug-likeness (QED) is 0.581. The third-order valence-electron chi connectivity index (χ3n) is 4.30. The number of rotatable bonds is 5. The van der Waals surface area contributed by atoms with Crippen LogP contribution in [0.3, 0.4) is 0 Å². The van der Waals surface area contributed by atoms with Crippen LogP contribution in [0.25, 0.3) is 0 Å². The number of amides is 1. The molecule has 0 aliphatic rings. The van der Waals surface area contributed by atoms with Gasteiger partial charge in [0, 0.05) is 16.8 Å². The molecule has 0 fully saturated rings. The number of carbonyl (C=O) groups is 2. The van der Waals surface area contributed by atoms with Gasteiger partial charge in [0.1, 0.15) is 11.5 Å². The Balaban J connectivity index is 1.86. The molecule has 154 valence electrons. The van der Waals surface area contributed by atoms with Crippen molar-refractivity contribution in [3.8, 4) is 11.5 Å². The lowest BCUT2D eigenvalue weighted by Gasteiger charge is -2.11. The standard InChI is InChI=1S/C22H16F3NO4/c1-30-17-8-5-13(6-9-17)20(28)14-7-10-19(27)18(11-14)21(29)26-16-4-2-3-15(12-16)22(23,24)25/h2-12,27H,1H3,(H,26,29). The molecular formula is C22H16F3NO4. The van der Waals surface area contributed by atoms with Crippen LogP contribution in [0.1, 0.15) is 31.8 Å². The number of hydrogen-bond acceptors (Lipinski definition) is 4. The van der Waals surface area contributed by atoms with Crippen molar-refractivity contribution in [3.05, 3.63) is 89.0 Å². The summed E-state index contributed by atoms with van der Waals surface area (Å²) in [5.41, 5.74) is -0.793. The average Bonchev–Trinajstić information content (AvgIpc) is 2.73. The van der Waals surface area contributed by atoms with E-state index >= 15 is 0 Å². The van der Waals surface area contributed by atoms with Gasteiger partial charge in [-0.25, -0.2) is 0 Å². The zero-order valence-electron chi connectivity index (χ0n) is 15.7. The maximum Gasteiger partial charge on any atom is 0.416 e. The first-order valence-electron chi connectivity index (χ1n) is 8.69. The first-order valence-corrected chi connectivity index (χ1v) is 8.69. The second-order valence-electron chi connectivity index (χ2n) is 6.32. The number of phenolic OH excluding ortho intramolecular Hbond substituents is 1. The number of anilines is 1. The fraction of sp³-hybridized carbons (Fsp3) is 0.0909. The van der Waals surface area contributed by atoms with E-state index < -0.39 is 29.2 Å². The molecule has 0 bridgehead atoms. The van der Waals surface area contributed by atoms with Crippen LogP contribution in [0.15, 0.2) is 66.7 Å². The summed E-state index contributed by atoms with van der Waals surface area (Å²) in [7, 11) is 1.49. The predicted octanol–water partition coefficient (Wildman–Crippen LogP) is 4.90. The van der Waals surface area contributed by atoms with Gasteiger partial charge >= 0.3 is 6.18 Å². The summed E-state index contributed by atoms with van der Waals surface area (Å²) < 4.78 is 43.6. The van der Waals surface area contributed by atoms with E-state index in [0.717, 1.165) is 18.2 Å². The normalized spacial score (nSPS) is 11.1. The number of benzene rings is 3.